The highest BCUT2D eigenvalue weighted by atomic mass is 32.2. The fourth-order valence-corrected chi connectivity index (χ4v) is 4.01. The van der Waals surface area contributed by atoms with Crippen molar-refractivity contribution < 1.29 is 9.59 Å². The molecule has 0 saturated heterocycles. The number of amides is 1. The van der Waals surface area contributed by atoms with Crippen LogP contribution in [0.4, 0.5) is 5.69 Å². The molecule has 5 nitrogen and oxygen atoms in total. The molecule has 1 aliphatic rings. The maximum Gasteiger partial charge on any atom is 0.237 e. The molecule has 0 saturated carbocycles. The summed E-state index contributed by atoms with van der Waals surface area (Å²) < 4.78 is 0. The maximum absolute atomic E-state index is 12.7. The van der Waals surface area contributed by atoms with Gasteiger partial charge in [-0.3, -0.25) is 9.59 Å². The first-order valence-corrected chi connectivity index (χ1v) is 9.43. The van der Waals surface area contributed by atoms with Gasteiger partial charge in [-0.2, -0.15) is 5.26 Å². The van der Waals surface area contributed by atoms with Crippen molar-refractivity contribution in [1.29, 1.82) is 5.26 Å². The summed E-state index contributed by atoms with van der Waals surface area (Å²) in [6, 6.07) is 11.6. The van der Waals surface area contributed by atoms with E-state index in [1.165, 1.54) is 24.2 Å². The molecular weight excluding hydrogens is 346 g/mol. The molecule has 0 radical (unpaired) electrons. The summed E-state index contributed by atoms with van der Waals surface area (Å²) in [5.74, 6) is 0.0830. The molecule has 0 N–H and O–H groups in total. The number of fused-ring (bicyclic) bond motifs is 1. The smallest absolute Gasteiger partial charge is 0.237 e. The van der Waals surface area contributed by atoms with Crippen LogP contribution in [-0.4, -0.2) is 29.0 Å². The zero-order valence-electron chi connectivity index (χ0n) is 14.8. The fraction of sp³-hybridized carbons (Fsp3) is 0.300. The van der Waals surface area contributed by atoms with Crippen molar-refractivity contribution in [2.24, 2.45) is 0 Å². The van der Waals surface area contributed by atoms with E-state index in [-0.39, 0.29) is 17.4 Å². The molecule has 2 heterocycles. The van der Waals surface area contributed by atoms with E-state index in [1.807, 2.05) is 23.1 Å². The van der Waals surface area contributed by atoms with Crippen LogP contribution in [0.2, 0.25) is 0 Å². The molecule has 3 rings (SSSR count). The van der Waals surface area contributed by atoms with Gasteiger partial charge in [-0.25, -0.2) is 4.98 Å². The third kappa shape index (κ3) is 3.63. The van der Waals surface area contributed by atoms with E-state index in [4.69, 9.17) is 0 Å². The predicted molar refractivity (Wildman–Crippen MR) is 102 cm³/mol. The van der Waals surface area contributed by atoms with Gasteiger partial charge in [0.25, 0.3) is 0 Å². The van der Waals surface area contributed by atoms with E-state index in [2.05, 4.69) is 17.1 Å². The molecule has 0 bridgehead atoms. The van der Waals surface area contributed by atoms with Crippen molar-refractivity contribution in [2.45, 2.75) is 31.7 Å². The number of rotatable bonds is 4. The standard InChI is InChI=1S/C20H19N3O2S/c1-13-17(14(2)24)10-16(11-21)20(22-13)26-12-19(25)23-9-5-7-15-6-3-4-8-18(15)23/h3-4,6,8,10H,5,7,9,12H2,1-2H3. The van der Waals surface area contributed by atoms with Crippen molar-refractivity contribution >= 4 is 29.1 Å². The lowest BCUT2D eigenvalue weighted by Crippen LogP contribution is -2.36. The van der Waals surface area contributed by atoms with E-state index < -0.39 is 0 Å². The van der Waals surface area contributed by atoms with Crippen molar-refractivity contribution in [3.05, 3.63) is 52.7 Å². The van der Waals surface area contributed by atoms with Crippen LogP contribution in [0.3, 0.4) is 0 Å². The number of Topliss-reactive ketones (excluding diaryl/α,β-unsaturated/α-hetero) is 1. The lowest BCUT2D eigenvalue weighted by atomic mass is 10.0. The van der Waals surface area contributed by atoms with Gasteiger partial charge in [-0.05, 0) is 44.4 Å². The minimum Gasteiger partial charge on any atom is -0.311 e. The molecule has 26 heavy (non-hydrogen) atoms. The summed E-state index contributed by atoms with van der Waals surface area (Å²) in [4.78, 5) is 30.5. The highest BCUT2D eigenvalue weighted by Gasteiger charge is 2.23. The summed E-state index contributed by atoms with van der Waals surface area (Å²) in [6.07, 6.45) is 1.93. The van der Waals surface area contributed by atoms with Gasteiger partial charge in [0.15, 0.2) is 5.78 Å². The van der Waals surface area contributed by atoms with E-state index in [9.17, 15) is 14.9 Å². The molecule has 1 aliphatic heterocycles. The summed E-state index contributed by atoms with van der Waals surface area (Å²) in [7, 11) is 0. The van der Waals surface area contributed by atoms with Crippen LogP contribution in [0.5, 0.6) is 0 Å². The Kier molecular flexibility index (Phi) is 5.38. The number of hydrogen-bond donors (Lipinski definition) is 0. The number of ketones is 1. The number of para-hydroxylation sites is 1. The van der Waals surface area contributed by atoms with E-state index in [1.54, 1.807) is 13.0 Å². The molecule has 132 valence electrons. The first-order valence-electron chi connectivity index (χ1n) is 8.45. The minimum absolute atomic E-state index is 0.00105. The first kappa shape index (κ1) is 18.2. The molecule has 1 aromatic carbocycles. The van der Waals surface area contributed by atoms with Gasteiger partial charge in [0.05, 0.1) is 11.3 Å². The van der Waals surface area contributed by atoms with Crippen LogP contribution in [0.1, 0.15) is 40.5 Å². The van der Waals surface area contributed by atoms with Gasteiger partial charge in [0, 0.05) is 23.5 Å². The highest BCUT2D eigenvalue weighted by Crippen LogP contribution is 2.29. The second-order valence-electron chi connectivity index (χ2n) is 6.21. The van der Waals surface area contributed by atoms with Crippen LogP contribution in [0, 0.1) is 18.3 Å². The third-order valence-corrected chi connectivity index (χ3v) is 5.40. The number of nitrogens with zero attached hydrogens (tertiary/aromatic N) is 3. The van der Waals surface area contributed by atoms with Crippen LogP contribution in [-0.2, 0) is 11.2 Å². The van der Waals surface area contributed by atoms with Gasteiger partial charge in [-0.15, -0.1) is 0 Å². The Morgan fingerprint density at radius 2 is 2.12 bits per heavy atom. The number of pyridine rings is 1. The molecule has 0 unspecified atom stereocenters. The van der Waals surface area contributed by atoms with Crippen LogP contribution < -0.4 is 4.90 Å². The average molecular weight is 365 g/mol. The Hall–Kier alpha value is -2.65. The number of carbonyl (C=O) groups is 2. The van der Waals surface area contributed by atoms with Gasteiger partial charge in [0.2, 0.25) is 5.91 Å². The molecular formula is C20H19N3O2S. The highest BCUT2D eigenvalue weighted by molar-refractivity contribution is 8.00. The SMILES string of the molecule is CC(=O)c1cc(C#N)c(SCC(=O)N2CCCc3ccccc32)nc1C. The lowest BCUT2D eigenvalue weighted by Gasteiger charge is -2.29. The number of thioether (sulfide) groups is 1. The fourth-order valence-electron chi connectivity index (χ4n) is 3.13. The summed E-state index contributed by atoms with van der Waals surface area (Å²) >= 11 is 1.25. The monoisotopic (exact) mass is 365 g/mol. The van der Waals surface area contributed by atoms with E-state index >= 15 is 0 Å². The maximum atomic E-state index is 12.7. The molecule has 0 fully saturated rings. The van der Waals surface area contributed by atoms with E-state index in [0.717, 1.165) is 18.5 Å². The second kappa shape index (κ2) is 7.71. The van der Waals surface area contributed by atoms with Gasteiger partial charge in [0.1, 0.15) is 11.1 Å². The van der Waals surface area contributed by atoms with Crippen LogP contribution in [0.25, 0.3) is 0 Å². The molecule has 0 aliphatic carbocycles. The zero-order chi connectivity index (χ0) is 18.7. The predicted octanol–water partition coefficient (Wildman–Crippen LogP) is 3.54. The summed E-state index contributed by atoms with van der Waals surface area (Å²) in [5, 5.41) is 9.84. The third-order valence-electron chi connectivity index (χ3n) is 4.42. The zero-order valence-corrected chi connectivity index (χ0v) is 15.6. The Labute approximate surface area is 157 Å². The van der Waals surface area contributed by atoms with Crippen LogP contribution >= 0.6 is 11.8 Å². The van der Waals surface area contributed by atoms with Crippen LogP contribution in [0.15, 0.2) is 35.4 Å². The number of aromatic nitrogens is 1. The van der Waals surface area contributed by atoms with Crippen molar-refractivity contribution in [3.63, 3.8) is 0 Å². The molecule has 1 amide bonds. The number of carbonyl (C=O) groups excluding carboxylic acids is 2. The van der Waals surface area contributed by atoms with Crippen molar-refractivity contribution in [3.8, 4) is 6.07 Å². The van der Waals surface area contributed by atoms with Gasteiger partial charge < -0.3 is 4.90 Å². The number of benzene rings is 1. The lowest BCUT2D eigenvalue weighted by molar-refractivity contribution is -0.116. The Balaban J connectivity index is 1.78. The van der Waals surface area contributed by atoms with E-state index in [0.29, 0.717) is 28.4 Å². The topological polar surface area (TPSA) is 74.1 Å². The summed E-state index contributed by atoms with van der Waals surface area (Å²) in [6.45, 7) is 3.90. The van der Waals surface area contributed by atoms with Gasteiger partial charge >= 0.3 is 0 Å². The number of hydrogen-bond acceptors (Lipinski definition) is 5. The molecule has 0 spiro atoms. The molecule has 0 atom stereocenters. The Morgan fingerprint density at radius 3 is 2.85 bits per heavy atom. The second-order valence-corrected chi connectivity index (χ2v) is 7.17. The molecule has 2 aromatic rings. The minimum atomic E-state index is -0.121. The quantitative estimate of drug-likeness (QED) is 0.612. The molecule has 1 aromatic heterocycles. The average Bonchev–Trinajstić information content (AvgIpc) is 2.65. The largest absolute Gasteiger partial charge is 0.311 e. The normalized spacial score (nSPS) is 13.0. The number of aryl methyl sites for hydroxylation is 2. The van der Waals surface area contributed by atoms with Crippen molar-refractivity contribution in [1.82, 2.24) is 4.98 Å². The van der Waals surface area contributed by atoms with Crippen molar-refractivity contribution in [2.75, 3.05) is 17.2 Å². The Morgan fingerprint density at radius 1 is 1.35 bits per heavy atom. The first-order chi connectivity index (χ1) is 12.5. The Bertz CT molecular complexity index is 918. The number of nitriles is 1. The number of anilines is 1. The summed E-state index contributed by atoms with van der Waals surface area (Å²) in [5.41, 5.74) is 3.52. The molecule has 6 heteroatoms. The van der Waals surface area contributed by atoms with Gasteiger partial charge in [-0.1, -0.05) is 30.0 Å².